The third-order valence-corrected chi connectivity index (χ3v) is 3.98. The van der Waals surface area contributed by atoms with E-state index in [1.165, 1.54) is 12.8 Å². The van der Waals surface area contributed by atoms with E-state index in [2.05, 4.69) is 20.3 Å². The van der Waals surface area contributed by atoms with E-state index < -0.39 is 5.60 Å². The molecule has 1 saturated carbocycles. The van der Waals surface area contributed by atoms with E-state index in [9.17, 15) is 5.11 Å². The molecule has 1 aliphatic heterocycles. The van der Waals surface area contributed by atoms with Crippen molar-refractivity contribution in [3.63, 3.8) is 0 Å². The lowest BCUT2D eigenvalue weighted by molar-refractivity contribution is 0.0350. The largest absolute Gasteiger partial charge is 0.390 e. The van der Waals surface area contributed by atoms with Gasteiger partial charge in [0.15, 0.2) is 0 Å². The van der Waals surface area contributed by atoms with Crippen molar-refractivity contribution >= 4 is 11.6 Å². The van der Waals surface area contributed by atoms with Crippen molar-refractivity contribution < 1.29 is 5.11 Å². The number of aliphatic hydroxyl groups is 1. The predicted octanol–water partition coefficient (Wildman–Crippen LogP) is 0.991. The first-order valence-electron chi connectivity index (χ1n) is 6.90. The lowest BCUT2D eigenvalue weighted by Gasteiger charge is -2.36. The van der Waals surface area contributed by atoms with E-state index in [1.807, 2.05) is 13.0 Å². The second kappa shape index (κ2) is 4.61. The molecule has 0 radical (unpaired) electrons. The third kappa shape index (κ3) is 2.79. The minimum absolute atomic E-state index is 0.500. The fourth-order valence-electron chi connectivity index (χ4n) is 2.43. The highest BCUT2D eigenvalue weighted by atomic mass is 16.3. The fraction of sp³-hybridized carbons (Fsp3) is 0.692. The Bertz CT molecular complexity index is 462. The Balaban J connectivity index is 1.81. The minimum Gasteiger partial charge on any atom is -0.390 e. The van der Waals surface area contributed by atoms with Crippen LogP contribution in [0.5, 0.6) is 0 Å². The molecule has 2 fully saturated rings. The molecule has 6 heteroatoms. The summed E-state index contributed by atoms with van der Waals surface area (Å²) in [5, 5.41) is 10.0. The molecule has 6 nitrogen and oxygen atoms in total. The van der Waals surface area contributed by atoms with Crippen molar-refractivity contribution in [1.29, 1.82) is 0 Å². The Kier molecular flexibility index (Phi) is 3.06. The minimum atomic E-state index is -0.544. The molecule has 19 heavy (non-hydrogen) atoms. The number of nitrogen functional groups attached to an aromatic ring is 1. The molecule has 2 heterocycles. The van der Waals surface area contributed by atoms with Crippen LogP contribution < -0.4 is 16.2 Å². The van der Waals surface area contributed by atoms with E-state index in [0.717, 1.165) is 37.6 Å². The lowest BCUT2D eigenvalue weighted by Crippen LogP contribution is -2.42. The van der Waals surface area contributed by atoms with E-state index in [1.54, 1.807) is 0 Å². The molecule has 3 rings (SSSR count). The number of nitrogens with two attached hydrogens (primary N) is 1. The molecule has 1 aliphatic carbocycles. The maximum Gasteiger partial charge on any atom is 0.145 e. The van der Waals surface area contributed by atoms with E-state index in [-0.39, 0.29) is 0 Å². The summed E-state index contributed by atoms with van der Waals surface area (Å²) in [6.45, 7) is 3.53. The van der Waals surface area contributed by atoms with E-state index in [0.29, 0.717) is 11.7 Å². The van der Waals surface area contributed by atoms with Crippen LogP contribution in [0.2, 0.25) is 0 Å². The summed E-state index contributed by atoms with van der Waals surface area (Å²) >= 11 is 0. The summed E-state index contributed by atoms with van der Waals surface area (Å²) in [6.07, 6.45) is 3.87. The van der Waals surface area contributed by atoms with Crippen molar-refractivity contribution in [2.75, 3.05) is 23.4 Å². The highest BCUT2D eigenvalue weighted by Gasteiger charge is 2.30. The van der Waals surface area contributed by atoms with Crippen LogP contribution in [0, 0.1) is 0 Å². The Hall–Kier alpha value is -1.40. The molecule has 0 aromatic carbocycles. The van der Waals surface area contributed by atoms with Gasteiger partial charge < -0.3 is 15.4 Å². The van der Waals surface area contributed by atoms with Crippen molar-refractivity contribution in [2.24, 2.45) is 5.84 Å². The molecular weight excluding hydrogens is 242 g/mol. The first-order chi connectivity index (χ1) is 9.07. The van der Waals surface area contributed by atoms with Crippen LogP contribution >= 0.6 is 0 Å². The zero-order valence-corrected chi connectivity index (χ0v) is 11.3. The van der Waals surface area contributed by atoms with Gasteiger partial charge in [-0.3, -0.25) is 0 Å². The van der Waals surface area contributed by atoms with Crippen LogP contribution in [0.1, 0.15) is 44.3 Å². The van der Waals surface area contributed by atoms with Gasteiger partial charge in [0, 0.05) is 25.1 Å². The van der Waals surface area contributed by atoms with Crippen LogP contribution in [0.15, 0.2) is 6.07 Å². The summed E-state index contributed by atoms with van der Waals surface area (Å²) in [6, 6.07) is 1.88. The maximum absolute atomic E-state index is 10.0. The lowest BCUT2D eigenvalue weighted by atomic mass is 9.94. The molecule has 0 atom stereocenters. The number of hydrogen-bond donors (Lipinski definition) is 3. The number of rotatable bonds is 3. The second-order valence-corrected chi connectivity index (χ2v) is 5.87. The summed E-state index contributed by atoms with van der Waals surface area (Å²) in [4.78, 5) is 11.3. The Morgan fingerprint density at radius 3 is 2.63 bits per heavy atom. The average Bonchev–Trinajstić information content (AvgIpc) is 3.22. The van der Waals surface area contributed by atoms with Crippen molar-refractivity contribution in [3.05, 3.63) is 11.9 Å². The predicted molar refractivity (Wildman–Crippen MR) is 73.9 cm³/mol. The number of hydrazine groups is 1. The standard InChI is InChI=1S/C13H21N5O/c1-13(19)4-6-18(7-5-13)11-8-10(17-14)15-12(16-11)9-2-3-9/h8-9,19H,2-7,14H2,1H3,(H,15,16,17). The van der Waals surface area contributed by atoms with Gasteiger partial charge in [-0.2, -0.15) is 0 Å². The molecule has 1 saturated heterocycles. The molecule has 104 valence electrons. The molecule has 1 aromatic rings. The number of nitrogens with one attached hydrogen (secondary N) is 1. The van der Waals surface area contributed by atoms with E-state index in [4.69, 9.17) is 5.84 Å². The van der Waals surface area contributed by atoms with Gasteiger partial charge >= 0.3 is 0 Å². The van der Waals surface area contributed by atoms with Gasteiger partial charge in [0.1, 0.15) is 17.5 Å². The van der Waals surface area contributed by atoms with Gasteiger partial charge in [0.25, 0.3) is 0 Å². The number of aromatic nitrogens is 2. The SMILES string of the molecule is CC1(O)CCN(c2cc(NN)nc(C3CC3)n2)CC1. The molecule has 2 aliphatic rings. The highest BCUT2D eigenvalue weighted by molar-refractivity contribution is 5.49. The van der Waals surface area contributed by atoms with Crippen LogP contribution in [0.3, 0.4) is 0 Å². The molecule has 4 N–H and O–H groups in total. The van der Waals surface area contributed by atoms with Gasteiger partial charge in [-0.15, -0.1) is 0 Å². The maximum atomic E-state index is 10.0. The van der Waals surface area contributed by atoms with Crippen molar-refractivity contribution in [2.45, 2.75) is 44.1 Å². The zero-order chi connectivity index (χ0) is 13.5. The van der Waals surface area contributed by atoms with Gasteiger partial charge in [-0.25, -0.2) is 15.8 Å². The molecule has 0 spiro atoms. The summed E-state index contributed by atoms with van der Waals surface area (Å²) in [5.74, 6) is 8.46. The Labute approximate surface area is 113 Å². The molecule has 0 bridgehead atoms. The van der Waals surface area contributed by atoms with Crippen LogP contribution in [0.4, 0.5) is 11.6 Å². The number of anilines is 2. The molecule has 0 amide bonds. The van der Waals surface area contributed by atoms with Crippen molar-refractivity contribution in [1.82, 2.24) is 9.97 Å². The quantitative estimate of drug-likeness (QED) is 0.557. The Morgan fingerprint density at radius 1 is 1.37 bits per heavy atom. The summed E-state index contributed by atoms with van der Waals surface area (Å²) < 4.78 is 0. The topological polar surface area (TPSA) is 87.3 Å². The summed E-state index contributed by atoms with van der Waals surface area (Å²) in [5.41, 5.74) is 2.07. The molecule has 1 aromatic heterocycles. The highest BCUT2D eigenvalue weighted by Crippen LogP contribution is 2.39. The van der Waals surface area contributed by atoms with Gasteiger partial charge in [0.05, 0.1) is 5.60 Å². The third-order valence-electron chi connectivity index (χ3n) is 3.98. The van der Waals surface area contributed by atoms with Crippen molar-refractivity contribution in [3.8, 4) is 0 Å². The van der Waals surface area contributed by atoms with Gasteiger partial charge in [-0.05, 0) is 32.6 Å². The Morgan fingerprint density at radius 2 is 2.05 bits per heavy atom. The number of nitrogens with zero attached hydrogens (tertiary/aromatic N) is 3. The smallest absolute Gasteiger partial charge is 0.145 e. The normalized spacial score (nSPS) is 22.4. The summed E-state index contributed by atoms with van der Waals surface area (Å²) in [7, 11) is 0. The fourth-order valence-corrected chi connectivity index (χ4v) is 2.43. The van der Waals surface area contributed by atoms with Crippen LogP contribution in [0.25, 0.3) is 0 Å². The second-order valence-electron chi connectivity index (χ2n) is 5.87. The number of piperidine rings is 1. The average molecular weight is 263 g/mol. The zero-order valence-electron chi connectivity index (χ0n) is 11.3. The monoisotopic (exact) mass is 263 g/mol. The van der Waals surface area contributed by atoms with Gasteiger partial charge in [-0.1, -0.05) is 0 Å². The first kappa shape index (κ1) is 12.6. The molecule has 0 unspecified atom stereocenters. The van der Waals surface area contributed by atoms with E-state index >= 15 is 0 Å². The molecular formula is C13H21N5O. The number of hydrogen-bond acceptors (Lipinski definition) is 6. The van der Waals surface area contributed by atoms with Crippen LogP contribution in [-0.4, -0.2) is 33.8 Å². The van der Waals surface area contributed by atoms with Crippen LogP contribution in [-0.2, 0) is 0 Å². The van der Waals surface area contributed by atoms with Gasteiger partial charge in [0.2, 0.25) is 0 Å². The first-order valence-corrected chi connectivity index (χ1v) is 6.90.